The van der Waals surface area contributed by atoms with E-state index in [0.717, 1.165) is 32.1 Å². The number of nitro benzene ring substituents is 1. The number of nitrogens with one attached hydrogen (secondary N) is 1. The summed E-state index contributed by atoms with van der Waals surface area (Å²) in [6.45, 7) is 0. The number of amides is 2. The van der Waals surface area contributed by atoms with Crippen LogP contribution in [0.15, 0.2) is 48.2 Å². The highest BCUT2D eigenvalue weighted by atomic mass is 32.1. The molecule has 1 aromatic heterocycles. The minimum Gasteiger partial charge on any atom is -0.317 e. The number of hydrogen-bond acceptors (Lipinski definition) is 5. The molecule has 30 heavy (non-hydrogen) atoms. The molecule has 1 saturated carbocycles. The van der Waals surface area contributed by atoms with Gasteiger partial charge >= 0.3 is 0 Å². The molecule has 0 radical (unpaired) electrons. The number of hydrogen-bond donors (Lipinski definition) is 1. The van der Waals surface area contributed by atoms with Gasteiger partial charge in [-0.1, -0.05) is 25.3 Å². The molecular formula is C21H20N4O4S. The number of non-ortho nitro benzene ring substituents is 1. The van der Waals surface area contributed by atoms with Crippen LogP contribution in [0.4, 0.5) is 5.69 Å². The Morgan fingerprint density at radius 3 is 2.63 bits per heavy atom. The lowest BCUT2D eigenvalue weighted by Gasteiger charge is -2.37. The summed E-state index contributed by atoms with van der Waals surface area (Å²) in [7, 11) is 0. The maximum absolute atomic E-state index is 13.2. The molecule has 0 unspecified atom stereocenters. The molecule has 9 heteroatoms. The average Bonchev–Trinajstić information content (AvgIpc) is 3.20. The summed E-state index contributed by atoms with van der Waals surface area (Å²) in [5, 5.41) is 13.9. The smallest absolute Gasteiger partial charge is 0.271 e. The molecule has 1 aromatic carbocycles. The van der Waals surface area contributed by atoms with Crippen LogP contribution in [-0.4, -0.2) is 37.4 Å². The first-order valence-corrected chi connectivity index (χ1v) is 10.2. The molecule has 1 saturated heterocycles. The van der Waals surface area contributed by atoms with Crippen LogP contribution in [0.2, 0.25) is 0 Å². The van der Waals surface area contributed by atoms with E-state index in [1.807, 2.05) is 0 Å². The Labute approximate surface area is 178 Å². The van der Waals surface area contributed by atoms with Crippen molar-refractivity contribution in [1.29, 1.82) is 0 Å². The Kier molecular flexibility index (Phi) is 5.45. The first-order valence-electron chi connectivity index (χ1n) is 9.78. The van der Waals surface area contributed by atoms with Crippen molar-refractivity contribution in [2.75, 3.05) is 0 Å². The van der Waals surface area contributed by atoms with E-state index in [9.17, 15) is 19.7 Å². The van der Waals surface area contributed by atoms with Crippen molar-refractivity contribution in [2.45, 2.75) is 38.1 Å². The van der Waals surface area contributed by atoms with Crippen LogP contribution in [0.1, 0.15) is 37.8 Å². The molecule has 1 N–H and O–H groups in total. The fourth-order valence-electron chi connectivity index (χ4n) is 3.99. The zero-order chi connectivity index (χ0) is 21.3. The number of nitro groups is 1. The normalized spacial score (nSPS) is 19.3. The number of nitrogens with zero attached hydrogens (tertiary/aromatic N) is 3. The van der Waals surface area contributed by atoms with Gasteiger partial charge in [0.05, 0.1) is 10.6 Å². The summed E-state index contributed by atoms with van der Waals surface area (Å²) in [4.78, 5) is 37.9. The number of aromatic nitrogens is 1. The van der Waals surface area contributed by atoms with E-state index < -0.39 is 16.7 Å². The van der Waals surface area contributed by atoms with Crippen LogP contribution in [0, 0.1) is 10.1 Å². The number of carbonyl (C=O) groups excluding carboxylic acids is 2. The second-order valence-electron chi connectivity index (χ2n) is 7.36. The van der Waals surface area contributed by atoms with Gasteiger partial charge in [-0.05, 0) is 49.3 Å². The van der Waals surface area contributed by atoms with E-state index in [0.29, 0.717) is 11.4 Å². The van der Waals surface area contributed by atoms with Gasteiger partial charge in [-0.3, -0.25) is 29.9 Å². The molecule has 2 amide bonds. The lowest BCUT2D eigenvalue weighted by Crippen LogP contribution is -2.57. The van der Waals surface area contributed by atoms with E-state index in [1.165, 1.54) is 23.1 Å². The molecule has 8 nitrogen and oxygen atoms in total. The van der Waals surface area contributed by atoms with Crippen molar-refractivity contribution in [1.82, 2.24) is 14.8 Å². The highest BCUT2D eigenvalue weighted by Crippen LogP contribution is 2.27. The van der Waals surface area contributed by atoms with Gasteiger partial charge in [0.2, 0.25) is 0 Å². The maximum atomic E-state index is 13.2. The lowest BCUT2D eigenvalue weighted by atomic mass is 9.93. The number of carbonyl (C=O) groups is 2. The van der Waals surface area contributed by atoms with Crippen molar-refractivity contribution in [3.63, 3.8) is 0 Å². The molecule has 0 spiro atoms. The molecule has 2 heterocycles. The molecule has 2 fully saturated rings. The third-order valence-electron chi connectivity index (χ3n) is 5.46. The molecule has 2 aromatic rings. The first kappa shape index (κ1) is 20.0. The monoisotopic (exact) mass is 424 g/mol. The fourth-order valence-corrected chi connectivity index (χ4v) is 4.32. The fraction of sp³-hybridized carbons (Fsp3) is 0.286. The standard InChI is InChI=1S/C21H20N4O4S/c26-19-18(20(27)24(21(30)22-19)14-6-2-1-3-7-14)13-16-10-5-11-23(16)15-8-4-9-17(12-15)25(28)29/h4-5,8-14H,1-3,6-7H2,(H,22,26,30). The van der Waals surface area contributed by atoms with Crippen molar-refractivity contribution in [3.05, 3.63) is 64.0 Å². The van der Waals surface area contributed by atoms with Gasteiger partial charge < -0.3 is 4.57 Å². The van der Waals surface area contributed by atoms with Crippen LogP contribution in [0.3, 0.4) is 0 Å². The van der Waals surface area contributed by atoms with Crippen LogP contribution in [-0.2, 0) is 9.59 Å². The lowest BCUT2D eigenvalue weighted by molar-refractivity contribution is -0.384. The first-order chi connectivity index (χ1) is 14.5. The predicted molar refractivity (Wildman–Crippen MR) is 115 cm³/mol. The predicted octanol–water partition coefficient (Wildman–Crippen LogP) is 3.34. The average molecular weight is 424 g/mol. The van der Waals surface area contributed by atoms with E-state index in [-0.39, 0.29) is 22.4 Å². The number of rotatable bonds is 4. The molecule has 154 valence electrons. The van der Waals surface area contributed by atoms with Crippen LogP contribution in [0.25, 0.3) is 11.8 Å². The molecule has 1 aliphatic heterocycles. The Bertz CT molecular complexity index is 1070. The van der Waals surface area contributed by atoms with E-state index in [4.69, 9.17) is 12.2 Å². The molecule has 4 rings (SSSR count). The van der Waals surface area contributed by atoms with Crippen molar-refractivity contribution >= 4 is 40.9 Å². The molecule has 0 bridgehead atoms. The van der Waals surface area contributed by atoms with Gasteiger partial charge in [0.25, 0.3) is 17.5 Å². The van der Waals surface area contributed by atoms with Gasteiger partial charge in [0, 0.05) is 30.1 Å². The Hall–Kier alpha value is -3.33. The maximum Gasteiger partial charge on any atom is 0.271 e. The molecule has 0 atom stereocenters. The van der Waals surface area contributed by atoms with E-state index in [2.05, 4.69) is 5.32 Å². The Morgan fingerprint density at radius 2 is 1.90 bits per heavy atom. The topological polar surface area (TPSA) is 97.5 Å². The molecule has 2 aliphatic rings. The van der Waals surface area contributed by atoms with E-state index in [1.54, 1.807) is 35.0 Å². The summed E-state index contributed by atoms with van der Waals surface area (Å²) in [6.07, 6.45) is 8.14. The third kappa shape index (κ3) is 3.76. The van der Waals surface area contributed by atoms with E-state index >= 15 is 0 Å². The zero-order valence-corrected chi connectivity index (χ0v) is 16.9. The largest absolute Gasteiger partial charge is 0.317 e. The third-order valence-corrected chi connectivity index (χ3v) is 5.76. The van der Waals surface area contributed by atoms with Crippen LogP contribution >= 0.6 is 12.2 Å². The second-order valence-corrected chi connectivity index (χ2v) is 7.75. The van der Waals surface area contributed by atoms with Gasteiger partial charge in [-0.25, -0.2) is 0 Å². The van der Waals surface area contributed by atoms with Crippen molar-refractivity contribution in [3.8, 4) is 5.69 Å². The molecular weight excluding hydrogens is 404 g/mol. The van der Waals surface area contributed by atoms with Crippen LogP contribution in [0.5, 0.6) is 0 Å². The Morgan fingerprint density at radius 1 is 1.13 bits per heavy atom. The SMILES string of the molecule is O=C1NC(=S)N(C2CCCCC2)C(=O)C1=Cc1cccn1-c1cccc([N+](=O)[O-])c1. The van der Waals surface area contributed by atoms with Gasteiger partial charge in [-0.15, -0.1) is 0 Å². The number of benzene rings is 1. The minimum atomic E-state index is -0.538. The highest BCUT2D eigenvalue weighted by Gasteiger charge is 2.38. The van der Waals surface area contributed by atoms with Crippen molar-refractivity contribution < 1.29 is 14.5 Å². The summed E-state index contributed by atoms with van der Waals surface area (Å²) in [5.74, 6) is -0.939. The van der Waals surface area contributed by atoms with Gasteiger partial charge in [0.15, 0.2) is 5.11 Å². The summed E-state index contributed by atoms with van der Waals surface area (Å²) in [5.41, 5.74) is 1.08. The zero-order valence-electron chi connectivity index (χ0n) is 16.1. The summed E-state index contributed by atoms with van der Waals surface area (Å²) >= 11 is 5.28. The second kappa shape index (κ2) is 8.19. The minimum absolute atomic E-state index is 0.000413. The summed E-state index contributed by atoms with van der Waals surface area (Å²) in [6, 6.07) is 9.64. The summed E-state index contributed by atoms with van der Waals surface area (Å²) < 4.78 is 1.69. The highest BCUT2D eigenvalue weighted by molar-refractivity contribution is 7.80. The van der Waals surface area contributed by atoms with Crippen molar-refractivity contribution in [2.24, 2.45) is 0 Å². The number of thiocarbonyl (C=S) groups is 1. The van der Waals surface area contributed by atoms with Gasteiger partial charge in [0.1, 0.15) is 5.57 Å². The Balaban J connectivity index is 1.69. The molecule has 1 aliphatic carbocycles. The quantitative estimate of drug-likeness (QED) is 0.267. The van der Waals surface area contributed by atoms with Crippen LogP contribution < -0.4 is 5.32 Å². The van der Waals surface area contributed by atoms with Gasteiger partial charge in [-0.2, -0.15) is 0 Å².